The number of amides is 2. The average molecular weight is 380 g/mol. The van der Waals surface area contributed by atoms with Crippen LogP contribution in [0.25, 0.3) is 0 Å². The van der Waals surface area contributed by atoms with Gasteiger partial charge in [0.1, 0.15) is 23.4 Å². The number of ether oxygens (including phenoxy) is 1. The minimum absolute atomic E-state index is 0.0150. The molecule has 0 saturated carbocycles. The minimum atomic E-state index is -1.04. The number of nitrogens with one attached hydrogen (secondary N) is 2. The summed E-state index contributed by atoms with van der Waals surface area (Å²) in [5.74, 6) is -4.65. The smallest absolute Gasteiger partial charge is 0.329 e. The molecule has 144 valence electrons. The number of hydrogen-bond acceptors (Lipinski definition) is 5. The fourth-order valence-corrected chi connectivity index (χ4v) is 2.14. The Morgan fingerprint density at radius 1 is 1.11 bits per heavy atom. The number of carbonyl (C=O) groups is 3. The lowest BCUT2D eigenvalue weighted by Crippen LogP contribution is -2.45. The second kappa shape index (κ2) is 8.93. The number of benzene rings is 1. The summed E-state index contributed by atoms with van der Waals surface area (Å²) in [5, 5.41) is 4.45. The molecule has 9 heteroatoms. The third-order valence-electron chi connectivity index (χ3n) is 3.52. The second-order valence-corrected chi connectivity index (χ2v) is 5.92. The lowest BCUT2D eigenvalue weighted by Gasteiger charge is -2.20. The molecule has 0 spiro atoms. The van der Waals surface area contributed by atoms with Crippen LogP contribution in [0, 0.1) is 17.6 Å². The molecule has 1 atom stereocenters. The molecule has 1 heterocycles. The van der Waals surface area contributed by atoms with Crippen molar-refractivity contribution in [2.24, 2.45) is 5.92 Å². The van der Waals surface area contributed by atoms with Crippen molar-refractivity contribution in [3.63, 3.8) is 0 Å². The normalized spacial score (nSPS) is 11.7. The van der Waals surface area contributed by atoms with Gasteiger partial charge in [0, 0.05) is 0 Å². The summed E-state index contributed by atoms with van der Waals surface area (Å²) in [6, 6.07) is 5.00. The Labute approximate surface area is 153 Å². The fraction of sp³-hybridized carbons (Fsp3) is 0.278. The van der Waals surface area contributed by atoms with Crippen LogP contribution >= 0.6 is 0 Å². The van der Waals surface area contributed by atoms with Crippen LogP contribution < -0.4 is 10.6 Å². The molecule has 0 saturated heterocycles. The molecule has 2 N–H and O–H groups in total. The van der Waals surface area contributed by atoms with Crippen LogP contribution in [0.4, 0.5) is 14.5 Å². The first-order valence-electron chi connectivity index (χ1n) is 8.04. The van der Waals surface area contributed by atoms with Crippen LogP contribution in [-0.4, -0.2) is 30.4 Å². The molecule has 0 aliphatic rings. The van der Waals surface area contributed by atoms with Crippen LogP contribution in [0.15, 0.2) is 41.0 Å². The van der Waals surface area contributed by atoms with E-state index in [0.29, 0.717) is 0 Å². The van der Waals surface area contributed by atoms with Crippen LogP contribution in [0.1, 0.15) is 24.4 Å². The Balaban J connectivity index is 1.93. The highest BCUT2D eigenvalue weighted by Gasteiger charge is 2.27. The summed E-state index contributed by atoms with van der Waals surface area (Å²) in [4.78, 5) is 36.0. The molecular formula is C18H18F2N2O5. The van der Waals surface area contributed by atoms with Gasteiger partial charge in [0.25, 0.3) is 11.8 Å². The molecular weight excluding hydrogens is 362 g/mol. The zero-order chi connectivity index (χ0) is 20.0. The SMILES string of the molecule is CC(C)[C@H](NC(=O)c1ccco1)C(=O)OCC(=O)Nc1c(F)cccc1F. The molecule has 2 rings (SSSR count). The van der Waals surface area contributed by atoms with Crippen molar-refractivity contribution >= 4 is 23.5 Å². The van der Waals surface area contributed by atoms with E-state index < -0.39 is 47.8 Å². The largest absolute Gasteiger partial charge is 0.459 e. The van der Waals surface area contributed by atoms with Gasteiger partial charge in [-0.15, -0.1) is 0 Å². The quantitative estimate of drug-likeness (QED) is 0.720. The maximum atomic E-state index is 13.5. The fourth-order valence-electron chi connectivity index (χ4n) is 2.14. The van der Waals surface area contributed by atoms with E-state index in [4.69, 9.17) is 9.15 Å². The highest BCUT2D eigenvalue weighted by molar-refractivity contribution is 5.96. The van der Waals surface area contributed by atoms with E-state index in [-0.39, 0.29) is 11.7 Å². The average Bonchev–Trinajstić information content (AvgIpc) is 3.15. The number of hydrogen-bond donors (Lipinski definition) is 2. The van der Waals surface area contributed by atoms with E-state index in [2.05, 4.69) is 5.32 Å². The van der Waals surface area contributed by atoms with Gasteiger partial charge in [-0.1, -0.05) is 19.9 Å². The maximum Gasteiger partial charge on any atom is 0.329 e. The molecule has 0 aliphatic carbocycles. The zero-order valence-corrected chi connectivity index (χ0v) is 14.6. The molecule has 0 aliphatic heterocycles. The van der Waals surface area contributed by atoms with Crippen molar-refractivity contribution in [3.8, 4) is 0 Å². The van der Waals surface area contributed by atoms with Gasteiger partial charge < -0.3 is 19.8 Å². The Hall–Kier alpha value is -3.23. The topological polar surface area (TPSA) is 97.6 Å². The number of halogens is 2. The molecule has 2 aromatic rings. The first-order valence-corrected chi connectivity index (χ1v) is 8.04. The number of para-hydroxylation sites is 1. The van der Waals surface area contributed by atoms with Gasteiger partial charge in [0.05, 0.1) is 6.26 Å². The molecule has 7 nitrogen and oxygen atoms in total. The predicted octanol–water partition coefficient (Wildman–Crippen LogP) is 2.49. The number of esters is 1. The first-order chi connectivity index (χ1) is 12.8. The van der Waals surface area contributed by atoms with Crippen molar-refractivity contribution < 1.29 is 32.3 Å². The molecule has 27 heavy (non-hydrogen) atoms. The zero-order valence-electron chi connectivity index (χ0n) is 14.6. The predicted molar refractivity (Wildman–Crippen MR) is 90.7 cm³/mol. The van der Waals surface area contributed by atoms with E-state index in [9.17, 15) is 23.2 Å². The van der Waals surface area contributed by atoms with Gasteiger partial charge in [-0.3, -0.25) is 9.59 Å². The lowest BCUT2D eigenvalue weighted by atomic mass is 10.0. The van der Waals surface area contributed by atoms with Crippen LogP contribution in [0.2, 0.25) is 0 Å². The van der Waals surface area contributed by atoms with Gasteiger partial charge in [0.2, 0.25) is 0 Å². The molecule has 0 fully saturated rings. The molecule has 1 aromatic carbocycles. The lowest BCUT2D eigenvalue weighted by molar-refractivity contribution is -0.150. The summed E-state index contributed by atoms with van der Waals surface area (Å²) in [6.45, 7) is 2.57. The Bertz CT molecular complexity index is 801. The van der Waals surface area contributed by atoms with Gasteiger partial charge in [-0.05, 0) is 30.2 Å². The summed E-state index contributed by atoms with van der Waals surface area (Å²) in [6.07, 6.45) is 1.31. The Morgan fingerprint density at radius 3 is 2.33 bits per heavy atom. The summed E-state index contributed by atoms with van der Waals surface area (Å²) >= 11 is 0. The van der Waals surface area contributed by atoms with Crippen molar-refractivity contribution in [2.75, 3.05) is 11.9 Å². The van der Waals surface area contributed by atoms with Crippen molar-refractivity contribution in [1.82, 2.24) is 5.32 Å². The van der Waals surface area contributed by atoms with E-state index in [1.54, 1.807) is 13.8 Å². The number of carbonyl (C=O) groups excluding carboxylic acids is 3. The van der Waals surface area contributed by atoms with Crippen LogP contribution in [0.3, 0.4) is 0 Å². The van der Waals surface area contributed by atoms with Gasteiger partial charge >= 0.3 is 5.97 Å². The van der Waals surface area contributed by atoms with Crippen molar-refractivity contribution in [3.05, 3.63) is 54.0 Å². The van der Waals surface area contributed by atoms with Gasteiger partial charge in [-0.25, -0.2) is 13.6 Å². The molecule has 0 radical (unpaired) electrons. The van der Waals surface area contributed by atoms with Crippen molar-refractivity contribution in [2.45, 2.75) is 19.9 Å². The first kappa shape index (κ1) is 20.1. The van der Waals surface area contributed by atoms with Crippen molar-refractivity contribution in [1.29, 1.82) is 0 Å². The number of anilines is 1. The van der Waals surface area contributed by atoms with E-state index in [1.807, 2.05) is 5.32 Å². The molecule has 0 unspecified atom stereocenters. The summed E-state index contributed by atoms with van der Waals surface area (Å²) in [5.41, 5.74) is -0.634. The second-order valence-electron chi connectivity index (χ2n) is 5.92. The minimum Gasteiger partial charge on any atom is -0.459 e. The molecule has 0 bridgehead atoms. The van der Waals surface area contributed by atoms with E-state index in [0.717, 1.165) is 18.2 Å². The van der Waals surface area contributed by atoms with Gasteiger partial charge in [-0.2, -0.15) is 0 Å². The number of furan rings is 1. The third-order valence-corrected chi connectivity index (χ3v) is 3.52. The highest BCUT2D eigenvalue weighted by atomic mass is 19.1. The van der Waals surface area contributed by atoms with Crippen LogP contribution in [-0.2, 0) is 14.3 Å². The maximum absolute atomic E-state index is 13.5. The van der Waals surface area contributed by atoms with Gasteiger partial charge in [0.15, 0.2) is 12.4 Å². The molecule has 2 amide bonds. The van der Waals surface area contributed by atoms with E-state index >= 15 is 0 Å². The Morgan fingerprint density at radius 2 is 1.78 bits per heavy atom. The Kier molecular flexibility index (Phi) is 6.64. The summed E-state index contributed by atoms with van der Waals surface area (Å²) in [7, 11) is 0. The molecule has 1 aromatic heterocycles. The third kappa shape index (κ3) is 5.37. The van der Waals surface area contributed by atoms with Crippen LogP contribution in [0.5, 0.6) is 0 Å². The van der Waals surface area contributed by atoms with E-state index in [1.165, 1.54) is 18.4 Å². The standard InChI is InChI=1S/C18H18F2N2O5/c1-10(2)15(22-17(24)13-7-4-8-26-13)18(25)27-9-14(23)21-16-11(19)5-3-6-12(16)20/h3-8,10,15H,9H2,1-2H3,(H,21,23)(H,22,24)/t15-/m0/s1. The summed E-state index contributed by atoms with van der Waals surface area (Å²) < 4.78 is 36.8. The highest BCUT2D eigenvalue weighted by Crippen LogP contribution is 2.17. The number of rotatable bonds is 7. The monoisotopic (exact) mass is 380 g/mol.